The minimum absolute atomic E-state index is 0.0495. The summed E-state index contributed by atoms with van der Waals surface area (Å²) in [6.07, 6.45) is 4.31. The van der Waals surface area contributed by atoms with Gasteiger partial charge in [0.05, 0.1) is 10.5 Å². The smallest absolute Gasteiger partial charge is 0.354 e. The van der Waals surface area contributed by atoms with Crippen LogP contribution in [0.2, 0.25) is 0 Å². The topological polar surface area (TPSA) is 135 Å². The zero-order valence-corrected chi connectivity index (χ0v) is 14.3. The van der Waals surface area contributed by atoms with Gasteiger partial charge in [-0.1, -0.05) is 18.2 Å². The molecule has 0 bridgehead atoms. The highest BCUT2D eigenvalue weighted by Gasteiger charge is 2.23. The molecule has 0 aliphatic carbocycles. The monoisotopic (exact) mass is 383 g/mol. The number of benzene rings is 1. The molecule has 0 atom stereocenters. The number of carbonyl (C=O) groups excluding carboxylic acids is 1. The summed E-state index contributed by atoms with van der Waals surface area (Å²) in [6.45, 7) is 0.243. The normalized spacial score (nSPS) is 10.2. The number of nitrogens with zero attached hydrogens (tertiary/aromatic N) is 4. The van der Waals surface area contributed by atoms with E-state index in [2.05, 4.69) is 31.1 Å². The van der Waals surface area contributed by atoms with E-state index < -0.39 is 22.3 Å². The van der Waals surface area contributed by atoms with Crippen molar-refractivity contribution < 1.29 is 14.1 Å². The molecule has 1 amide bonds. The third-order valence-electron chi connectivity index (χ3n) is 3.60. The molecule has 3 rings (SSSR count). The first-order chi connectivity index (χ1) is 13.6. The molecule has 0 saturated heterocycles. The summed E-state index contributed by atoms with van der Waals surface area (Å²) in [5, 5.41) is 14.3. The molecular weight excluding hydrogens is 369 g/mol. The third-order valence-corrected chi connectivity index (χ3v) is 3.60. The molecule has 3 N–H and O–H groups in total. The van der Waals surface area contributed by atoms with Crippen molar-refractivity contribution in [3.05, 3.63) is 82.2 Å². The Kier molecular flexibility index (Phi) is 5.65. The summed E-state index contributed by atoms with van der Waals surface area (Å²) in [7, 11) is 0. The van der Waals surface area contributed by atoms with E-state index in [4.69, 9.17) is 0 Å². The lowest BCUT2D eigenvalue weighted by Gasteiger charge is -2.11. The fourth-order valence-electron chi connectivity index (χ4n) is 2.29. The van der Waals surface area contributed by atoms with Gasteiger partial charge < -0.3 is 5.32 Å². The number of nitrogens with one attached hydrogen (secondary N) is 3. The summed E-state index contributed by atoms with van der Waals surface area (Å²) in [5.74, 6) is -1.83. The van der Waals surface area contributed by atoms with Gasteiger partial charge in [0.2, 0.25) is 11.6 Å². The standard InChI is InChI=1S/C17H14FN7O3/c18-13-6-2-1-5-12(13)17(26)24-23-16-14(25(27)28)15(21-10-22-16)20-9-11-4-3-7-19-8-11/h1-8,10H,9H2,(H,24,26)(H2,20,21,22,23). The van der Waals surface area contributed by atoms with E-state index in [0.717, 1.165) is 18.0 Å². The van der Waals surface area contributed by atoms with Crippen molar-refractivity contribution in [2.45, 2.75) is 6.54 Å². The maximum absolute atomic E-state index is 13.7. The number of carbonyl (C=O) groups is 1. The number of halogens is 1. The first kappa shape index (κ1) is 18.6. The van der Waals surface area contributed by atoms with Crippen LogP contribution in [-0.2, 0) is 6.54 Å². The molecule has 0 spiro atoms. The van der Waals surface area contributed by atoms with Crippen LogP contribution in [-0.4, -0.2) is 25.8 Å². The van der Waals surface area contributed by atoms with Gasteiger partial charge in [-0.3, -0.25) is 30.7 Å². The highest BCUT2D eigenvalue weighted by atomic mass is 19.1. The number of hydrogen-bond donors (Lipinski definition) is 3. The third kappa shape index (κ3) is 4.33. The second-order valence-electron chi connectivity index (χ2n) is 5.45. The van der Waals surface area contributed by atoms with Crippen LogP contribution in [0.15, 0.2) is 55.1 Å². The zero-order valence-electron chi connectivity index (χ0n) is 14.3. The van der Waals surface area contributed by atoms with Crippen LogP contribution >= 0.6 is 0 Å². The van der Waals surface area contributed by atoms with Crippen LogP contribution in [0, 0.1) is 15.9 Å². The molecule has 0 radical (unpaired) electrons. The number of aromatic nitrogens is 3. The van der Waals surface area contributed by atoms with Gasteiger partial charge in [-0.15, -0.1) is 0 Å². The summed E-state index contributed by atoms with van der Waals surface area (Å²) in [6, 6.07) is 8.86. The minimum atomic E-state index is -0.809. The quantitative estimate of drug-likeness (QED) is 0.418. The Hall–Kier alpha value is -4.15. The van der Waals surface area contributed by atoms with Gasteiger partial charge in [-0.2, -0.15) is 0 Å². The molecule has 11 heteroatoms. The first-order valence-corrected chi connectivity index (χ1v) is 7.99. The number of amides is 1. The van der Waals surface area contributed by atoms with Crippen LogP contribution < -0.4 is 16.2 Å². The maximum atomic E-state index is 13.7. The van der Waals surface area contributed by atoms with E-state index in [1.807, 2.05) is 0 Å². The van der Waals surface area contributed by atoms with E-state index in [1.54, 1.807) is 24.5 Å². The van der Waals surface area contributed by atoms with E-state index in [9.17, 15) is 19.3 Å². The van der Waals surface area contributed by atoms with E-state index in [0.29, 0.717) is 0 Å². The lowest BCUT2D eigenvalue weighted by atomic mass is 10.2. The molecule has 0 fully saturated rings. The summed E-state index contributed by atoms with van der Waals surface area (Å²) < 4.78 is 13.7. The average Bonchev–Trinajstić information content (AvgIpc) is 2.71. The van der Waals surface area contributed by atoms with Crippen LogP contribution in [0.5, 0.6) is 0 Å². The molecule has 28 heavy (non-hydrogen) atoms. The van der Waals surface area contributed by atoms with Crippen LogP contribution in [0.3, 0.4) is 0 Å². The van der Waals surface area contributed by atoms with Crippen molar-refractivity contribution in [3.8, 4) is 0 Å². The van der Waals surface area contributed by atoms with Gasteiger partial charge in [0.25, 0.3) is 5.91 Å². The maximum Gasteiger partial charge on any atom is 0.354 e. The number of hydrogen-bond acceptors (Lipinski definition) is 8. The van der Waals surface area contributed by atoms with E-state index in [1.165, 1.54) is 18.2 Å². The minimum Gasteiger partial charge on any atom is -0.360 e. The molecule has 0 aliphatic heterocycles. The van der Waals surface area contributed by atoms with Crippen LogP contribution in [0.1, 0.15) is 15.9 Å². The molecule has 2 aromatic heterocycles. The first-order valence-electron chi connectivity index (χ1n) is 7.99. The fraction of sp³-hybridized carbons (Fsp3) is 0.0588. The Bertz CT molecular complexity index is 1000. The van der Waals surface area contributed by atoms with Crippen LogP contribution in [0.4, 0.5) is 21.7 Å². The van der Waals surface area contributed by atoms with Gasteiger partial charge in [-0.25, -0.2) is 14.4 Å². The van der Waals surface area contributed by atoms with Gasteiger partial charge in [-0.05, 0) is 23.8 Å². The molecule has 0 aliphatic rings. The van der Waals surface area contributed by atoms with E-state index >= 15 is 0 Å². The van der Waals surface area contributed by atoms with Crippen molar-refractivity contribution >= 4 is 23.2 Å². The second-order valence-corrected chi connectivity index (χ2v) is 5.45. The Morgan fingerprint density at radius 1 is 1.14 bits per heavy atom. The molecule has 142 valence electrons. The molecule has 1 aromatic carbocycles. The summed E-state index contributed by atoms with van der Waals surface area (Å²) in [4.78, 5) is 34.5. The number of anilines is 2. The largest absolute Gasteiger partial charge is 0.360 e. The highest BCUT2D eigenvalue weighted by molar-refractivity contribution is 5.95. The number of pyridine rings is 1. The molecule has 10 nitrogen and oxygen atoms in total. The van der Waals surface area contributed by atoms with Gasteiger partial charge in [0, 0.05) is 18.9 Å². The molecule has 3 aromatic rings. The predicted octanol–water partition coefficient (Wildman–Crippen LogP) is 2.29. The zero-order chi connectivity index (χ0) is 19.9. The SMILES string of the molecule is O=C(NNc1ncnc(NCc2cccnc2)c1[N+](=O)[O-])c1ccccc1F. The summed E-state index contributed by atoms with van der Waals surface area (Å²) >= 11 is 0. The van der Waals surface area contributed by atoms with Gasteiger partial charge in [0.1, 0.15) is 12.1 Å². The average molecular weight is 383 g/mol. The van der Waals surface area contributed by atoms with Crippen molar-refractivity contribution in [3.63, 3.8) is 0 Å². The van der Waals surface area contributed by atoms with Gasteiger partial charge >= 0.3 is 5.69 Å². The van der Waals surface area contributed by atoms with Crippen molar-refractivity contribution in [2.24, 2.45) is 0 Å². The Morgan fingerprint density at radius 2 is 1.93 bits per heavy atom. The van der Waals surface area contributed by atoms with Crippen molar-refractivity contribution in [2.75, 3.05) is 10.7 Å². The summed E-state index contributed by atoms with van der Waals surface area (Å²) in [5.41, 5.74) is 4.64. The van der Waals surface area contributed by atoms with Crippen LogP contribution in [0.25, 0.3) is 0 Å². The lowest BCUT2D eigenvalue weighted by molar-refractivity contribution is -0.383. The van der Waals surface area contributed by atoms with Crippen molar-refractivity contribution in [1.29, 1.82) is 0 Å². The Balaban J connectivity index is 1.76. The molecule has 2 heterocycles. The second kappa shape index (κ2) is 8.49. The molecule has 0 unspecified atom stereocenters. The molecular formula is C17H14FN7O3. The van der Waals surface area contributed by atoms with E-state index in [-0.39, 0.29) is 23.7 Å². The molecule has 0 saturated carbocycles. The van der Waals surface area contributed by atoms with Crippen molar-refractivity contribution in [1.82, 2.24) is 20.4 Å². The highest BCUT2D eigenvalue weighted by Crippen LogP contribution is 2.28. The fourth-order valence-corrected chi connectivity index (χ4v) is 2.29. The predicted molar refractivity (Wildman–Crippen MR) is 97.7 cm³/mol. The lowest BCUT2D eigenvalue weighted by Crippen LogP contribution is -2.31. The Labute approximate surface area is 158 Å². The number of hydrazine groups is 1. The Morgan fingerprint density at radius 3 is 2.64 bits per heavy atom. The number of rotatable bonds is 7. The number of nitro groups is 1. The van der Waals surface area contributed by atoms with Gasteiger partial charge in [0.15, 0.2) is 0 Å².